The SMILES string of the molecule is NP1(N)(N)OO1. The average molecular weight is 111 g/mol. The molecule has 0 atom stereocenters. The predicted octanol–water partition coefficient (Wildman–Crippen LogP) is -1.05. The van der Waals surface area contributed by atoms with E-state index in [0.717, 1.165) is 0 Å². The van der Waals surface area contributed by atoms with E-state index in [0.29, 0.717) is 0 Å². The fraction of sp³-hybridized carbons (Fsp3) is 0. The van der Waals surface area contributed by atoms with Crippen LogP contribution in [0.1, 0.15) is 0 Å². The van der Waals surface area contributed by atoms with Crippen LogP contribution in [0, 0.1) is 0 Å². The summed E-state index contributed by atoms with van der Waals surface area (Å²) in [5, 5.41) is 0. The average Bonchev–Trinajstić information content (AvgIpc) is 1.73. The van der Waals surface area contributed by atoms with Crippen molar-refractivity contribution in [2.75, 3.05) is 0 Å². The Hall–Kier alpha value is 0.230. The zero-order valence-corrected chi connectivity index (χ0v) is 3.89. The number of rotatable bonds is 0. The predicted molar refractivity (Wildman–Crippen MR) is 21.7 cm³/mol. The van der Waals surface area contributed by atoms with Crippen molar-refractivity contribution in [3.8, 4) is 0 Å². The molecule has 6 heavy (non-hydrogen) atoms. The Morgan fingerprint density at radius 1 is 1.00 bits per heavy atom. The molecule has 0 aromatic carbocycles. The van der Waals surface area contributed by atoms with Crippen molar-refractivity contribution in [2.45, 2.75) is 0 Å². The van der Waals surface area contributed by atoms with E-state index in [2.05, 4.69) is 9.35 Å². The summed E-state index contributed by atoms with van der Waals surface area (Å²) in [6, 6.07) is 0. The molecule has 0 aromatic heterocycles. The van der Waals surface area contributed by atoms with E-state index in [9.17, 15) is 0 Å². The molecule has 0 unspecified atom stereocenters. The van der Waals surface area contributed by atoms with Gasteiger partial charge in [0.05, 0.1) is 0 Å². The van der Waals surface area contributed by atoms with Crippen LogP contribution >= 0.6 is 7.51 Å². The summed E-state index contributed by atoms with van der Waals surface area (Å²) in [5.74, 6) is 0. The standard InChI is InChI=1S/H6N3O2P/c1-6(2,3)4-5-6/h1-3H2. The first-order valence-corrected chi connectivity index (χ1v) is 3.59. The van der Waals surface area contributed by atoms with Crippen LogP contribution in [0.3, 0.4) is 0 Å². The van der Waals surface area contributed by atoms with Gasteiger partial charge in [0.25, 0.3) is 0 Å². The zero-order valence-electron chi connectivity index (χ0n) is 3.00. The minimum absolute atomic E-state index is 3.30. The Bertz CT molecular complexity index is 72.5. The van der Waals surface area contributed by atoms with E-state index in [-0.39, 0.29) is 0 Å². The van der Waals surface area contributed by atoms with E-state index in [1.807, 2.05) is 0 Å². The van der Waals surface area contributed by atoms with Crippen molar-refractivity contribution < 1.29 is 9.35 Å². The fourth-order valence-corrected chi connectivity index (χ4v) is 0.520. The van der Waals surface area contributed by atoms with Crippen LogP contribution in [0.2, 0.25) is 0 Å². The van der Waals surface area contributed by atoms with Gasteiger partial charge in [-0.3, -0.25) is 0 Å². The van der Waals surface area contributed by atoms with Gasteiger partial charge in [-0.1, -0.05) is 0 Å². The summed E-state index contributed by atoms with van der Waals surface area (Å²) in [5.41, 5.74) is 14.8. The summed E-state index contributed by atoms with van der Waals surface area (Å²) < 4.78 is 8.09. The molecule has 38 valence electrons. The van der Waals surface area contributed by atoms with E-state index < -0.39 is 7.51 Å². The topological polar surface area (TPSA) is 103 Å². The Kier molecular flexibility index (Phi) is 0.458. The van der Waals surface area contributed by atoms with Crippen LogP contribution in [0.5, 0.6) is 0 Å². The molecule has 0 spiro atoms. The third-order valence-electron chi connectivity index (χ3n) is 0.333. The quantitative estimate of drug-likeness (QED) is 0.210. The van der Waals surface area contributed by atoms with Gasteiger partial charge in [0.1, 0.15) is 0 Å². The van der Waals surface area contributed by atoms with Gasteiger partial charge in [-0.2, -0.15) is 0 Å². The minimum atomic E-state index is -3.30. The van der Waals surface area contributed by atoms with Gasteiger partial charge < -0.3 is 0 Å². The Labute approximate surface area is 34.6 Å². The molecular weight excluding hydrogens is 105 g/mol. The number of hydrogen-bond donors (Lipinski definition) is 3. The second-order valence-corrected chi connectivity index (χ2v) is 3.91. The molecule has 1 fully saturated rings. The molecule has 1 rings (SSSR count). The molecule has 5 nitrogen and oxygen atoms in total. The van der Waals surface area contributed by atoms with Gasteiger partial charge in [0.15, 0.2) is 0 Å². The molecule has 1 heterocycles. The number of nitrogens with two attached hydrogens (primary N) is 3. The van der Waals surface area contributed by atoms with E-state index in [1.54, 1.807) is 0 Å². The van der Waals surface area contributed by atoms with Gasteiger partial charge >= 0.3 is 33.4 Å². The van der Waals surface area contributed by atoms with Crippen molar-refractivity contribution >= 4 is 7.51 Å². The summed E-state index contributed by atoms with van der Waals surface area (Å²) in [6.45, 7) is 0. The van der Waals surface area contributed by atoms with Crippen molar-refractivity contribution in [1.82, 2.24) is 0 Å². The Balaban J connectivity index is 2.67. The van der Waals surface area contributed by atoms with Gasteiger partial charge in [-0.05, 0) is 0 Å². The van der Waals surface area contributed by atoms with Gasteiger partial charge in [-0.25, -0.2) is 0 Å². The van der Waals surface area contributed by atoms with Gasteiger partial charge in [0, 0.05) is 0 Å². The molecular formula is H6N3O2P. The summed E-state index contributed by atoms with van der Waals surface area (Å²) in [7, 11) is -3.30. The molecule has 1 saturated heterocycles. The third-order valence-corrected chi connectivity index (χ3v) is 0.998. The molecule has 0 saturated carbocycles. The van der Waals surface area contributed by atoms with E-state index in [4.69, 9.17) is 16.5 Å². The molecule has 0 bridgehead atoms. The van der Waals surface area contributed by atoms with Crippen LogP contribution in [0.15, 0.2) is 0 Å². The first-order chi connectivity index (χ1) is 2.47. The molecule has 1 aliphatic rings. The number of hydrogen-bond acceptors (Lipinski definition) is 5. The second-order valence-electron chi connectivity index (χ2n) is 1.30. The summed E-state index contributed by atoms with van der Waals surface area (Å²) >= 11 is 0. The van der Waals surface area contributed by atoms with Gasteiger partial charge in [0.2, 0.25) is 0 Å². The summed E-state index contributed by atoms with van der Waals surface area (Å²) in [4.78, 5) is 0. The first kappa shape index (κ1) is 4.39. The van der Waals surface area contributed by atoms with E-state index >= 15 is 0 Å². The van der Waals surface area contributed by atoms with Crippen molar-refractivity contribution in [2.24, 2.45) is 16.5 Å². The monoisotopic (exact) mass is 111 g/mol. The van der Waals surface area contributed by atoms with Crippen molar-refractivity contribution in [3.63, 3.8) is 0 Å². The molecule has 0 amide bonds. The molecule has 0 aromatic rings. The van der Waals surface area contributed by atoms with Crippen molar-refractivity contribution in [3.05, 3.63) is 0 Å². The maximum atomic E-state index is 4.95. The summed E-state index contributed by atoms with van der Waals surface area (Å²) in [6.07, 6.45) is 0. The molecule has 0 radical (unpaired) electrons. The van der Waals surface area contributed by atoms with Crippen LogP contribution < -0.4 is 16.5 Å². The van der Waals surface area contributed by atoms with Crippen LogP contribution in [-0.4, -0.2) is 0 Å². The van der Waals surface area contributed by atoms with Crippen LogP contribution in [0.4, 0.5) is 0 Å². The van der Waals surface area contributed by atoms with E-state index in [1.165, 1.54) is 0 Å². The maximum absolute atomic E-state index is 4.95. The molecule has 6 N–H and O–H groups in total. The Morgan fingerprint density at radius 2 is 1.17 bits per heavy atom. The van der Waals surface area contributed by atoms with Crippen LogP contribution in [-0.2, 0) is 9.35 Å². The molecule has 0 aliphatic carbocycles. The third kappa shape index (κ3) is 0.844. The Morgan fingerprint density at radius 3 is 1.17 bits per heavy atom. The zero-order chi connectivity index (χ0) is 4.86. The second kappa shape index (κ2) is 0.626. The van der Waals surface area contributed by atoms with Crippen molar-refractivity contribution in [1.29, 1.82) is 0 Å². The molecule has 6 heteroatoms. The fourth-order valence-electron chi connectivity index (χ4n) is 0.0577. The normalized spacial score (nSPS) is 42.8. The van der Waals surface area contributed by atoms with Crippen LogP contribution in [0.25, 0.3) is 0 Å². The molecule has 1 aliphatic heterocycles. The van der Waals surface area contributed by atoms with Gasteiger partial charge in [-0.15, -0.1) is 0 Å². The first-order valence-electron chi connectivity index (χ1n) is 1.31.